The summed E-state index contributed by atoms with van der Waals surface area (Å²) in [7, 11) is 0. The van der Waals surface area contributed by atoms with Crippen LogP contribution in [-0.2, 0) is 15.0 Å². The van der Waals surface area contributed by atoms with E-state index in [1.54, 1.807) is 0 Å². The van der Waals surface area contributed by atoms with E-state index in [-0.39, 0.29) is 22.5 Å². The molecule has 1 rings (SSSR count). The maximum Gasteiger partial charge on any atom is 0.308 e. The Kier molecular flexibility index (Phi) is 4.67. The third kappa shape index (κ3) is 4.27. The van der Waals surface area contributed by atoms with Crippen molar-refractivity contribution in [2.75, 3.05) is 5.32 Å². The molecule has 0 saturated carbocycles. The van der Waals surface area contributed by atoms with Crippen LogP contribution in [0.25, 0.3) is 0 Å². The van der Waals surface area contributed by atoms with E-state index < -0.39 is 16.8 Å². The van der Waals surface area contributed by atoms with Gasteiger partial charge < -0.3 is 10.1 Å². The average Bonchev–Trinajstić information content (AvgIpc) is 2.27. The van der Waals surface area contributed by atoms with Gasteiger partial charge in [0, 0.05) is 19.9 Å². The molecule has 0 heterocycles. The van der Waals surface area contributed by atoms with Crippen molar-refractivity contribution in [3.63, 3.8) is 0 Å². The SMILES string of the molecule is CC(=O)Nc1c(OC(C)=O)cc(C(C)(C)C)cc1[N+](=O)[O-]. The maximum atomic E-state index is 11.2. The van der Waals surface area contributed by atoms with Gasteiger partial charge in [0.15, 0.2) is 11.4 Å². The predicted octanol–water partition coefficient (Wildman–Crippen LogP) is 2.78. The Bertz CT molecular complexity index is 602. The number of carbonyl (C=O) groups is 2. The minimum absolute atomic E-state index is 0.0307. The van der Waals surface area contributed by atoms with E-state index in [1.807, 2.05) is 20.8 Å². The zero-order chi connectivity index (χ0) is 16.4. The van der Waals surface area contributed by atoms with E-state index in [0.717, 1.165) is 0 Å². The molecule has 0 fully saturated rings. The van der Waals surface area contributed by atoms with E-state index in [9.17, 15) is 19.7 Å². The minimum Gasteiger partial charge on any atom is -0.424 e. The van der Waals surface area contributed by atoms with Crippen LogP contribution >= 0.6 is 0 Å². The van der Waals surface area contributed by atoms with Crippen molar-refractivity contribution in [1.82, 2.24) is 0 Å². The van der Waals surface area contributed by atoms with Gasteiger partial charge in [-0.25, -0.2) is 0 Å². The number of hydrogen-bond donors (Lipinski definition) is 1. The Morgan fingerprint density at radius 1 is 1.24 bits per heavy atom. The Balaban J connectivity index is 3.60. The van der Waals surface area contributed by atoms with Crippen LogP contribution in [0.15, 0.2) is 12.1 Å². The van der Waals surface area contributed by atoms with E-state index in [2.05, 4.69) is 5.32 Å². The molecule has 1 aromatic carbocycles. The second-order valence-electron chi connectivity index (χ2n) is 5.65. The number of nitrogens with zero attached hydrogens (tertiary/aromatic N) is 1. The monoisotopic (exact) mass is 294 g/mol. The van der Waals surface area contributed by atoms with Crippen molar-refractivity contribution in [2.24, 2.45) is 0 Å². The highest BCUT2D eigenvalue weighted by molar-refractivity contribution is 5.94. The molecule has 21 heavy (non-hydrogen) atoms. The number of nitro groups is 1. The molecular weight excluding hydrogens is 276 g/mol. The lowest BCUT2D eigenvalue weighted by Gasteiger charge is -2.21. The number of ether oxygens (including phenoxy) is 1. The number of esters is 1. The summed E-state index contributed by atoms with van der Waals surface area (Å²) in [4.78, 5) is 33.0. The highest BCUT2D eigenvalue weighted by Gasteiger charge is 2.26. The van der Waals surface area contributed by atoms with Crippen molar-refractivity contribution < 1.29 is 19.2 Å². The number of anilines is 1. The van der Waals surface area contributed by atoms with Gasteiger partial charge in [0.1, 0.15) is 0 Å². The van der Waals surface area contributed by atoms with Crippen LogP contribution < -0.4 is 10.1 Å². The molecule has 0 atom stereocenters. The molecule has 0 bridgehead atoms. The molecule has 0 aliphatic carbocycles. The molecule has 0 radical (unpaired) electrons. The molecule has 0 aliphatic rings. The normalized spacial score (nSPS) is 10.9. The minimum atomic E-state index is -0.623. The fourth-order valence-electron chi connectivity index (χ4n) is 1.71. The topological polar surface area (TPSA) is 98.5 Å². The molecule has 0 saturated heterocycles. The lowest BCUT2D eigenvalue weighted by atomic mass is 9.86. The number of carbonyl (C=O) groups excluding carboxylic acids is 2. The molecule has 0 aromatic heterocycles. The number of rotatable bonds is 3. The summed E-state index contributed by atoms with van der Waals surface area (Å²) in [5.74, 6) is -1.14. The van der Waals surface area contributed by atoms with Gasteiger partial charge in [-0.1, -0.05) is 20.8 Å². The van der Waals surface area contributed by atoms with Crippen molar-refractivity contribution >= 4 is 23.3 Å². The summed E-state index contributed by atoms with van der Waals surface area (Å²) in [5, 5.41) is 13.6. The van der Waals surface area contributed by atoms with E-state index >= 15 is 0 Å². The van der Waals surface area contributed by atoms with Crippen LogP contribution in [0.2, 0.25) is 0 Å². The van der Waals surface area contributed by atoms with E-state index in [1.165, 1.54) is 26.0 Å². The van der Waals surface area contributed by atoms with Gasteiger partial charge in [0.25, 0.3) is 5.69 Å². The smallest absolute Gasteiger partial charge is 0.308 e. The predicted molar refractivity (Wildman–Crippen MR) is 77.4 cm³/mol. The first-order valence-electron chi connectivity index (χ1n) is 6.31. The van der Waals surface area contributed by atoms with Crippen molar-refractivity contribution in [2.45, 2.75) is 40.0 Å². The number of hydrogen-bond acceptors (Lipinski definition) is 5. The average molecular weight is 294 g/mol. The Morgan fingerprint density at radius 3 is 2.19 bits per heavy atom. The first-order valence-corrected chi connectivity index (χ1v) is 6.31. The van der Waals surface area contributed by atoms with Crippen molar-refractivity contribution in [3.8, 4) is 5.75 Å². The van der Waals surface area contributed by atoms with E-state index in [0.29, 0.717) is 5.56 Å². The van der Waals surface area contributed by atoms with Gasteiger partial charge in [-0.15, -0.1) is 0 Å². The van der Waals surface area contributed by atoms with Gasteiger partial charge in [-0.05, 0) is 17.0 Å². The van der Waals surface area contributed by atoms with Gasteiger partial charge >= 0.3 is 5.97 Å². The standard InChI is InChI=1S/C14H18N2O5/c1-8(17)15-13-11(16(19)20)6-10(14(3,4)5)7-12(13)21-9(2)18/h6-7H,1-5H3,(H,15,17). The third-order valence-electron chi connectivity index (χ3n) is 2.70. The Labute approximate surface area is 122 Å². The third-order valence-corrected chi connectivity index (χ3v) is 2.70. The van der Waals surface area contributed by atoms with Crippen LogP contribution in [0.1, 0.15) is 40.2 Å². The van der Waals surface area contributed by atoms with Crippen molar-refractivity contribution in [3.05, 3.63) is 27.8 Å². The Hall–Kier alpha value is -2.44. The van der Waals surface area contributed by atoms with E-state index in [4.69, 9.17) is 4.74 Å². The molecule has 1 N–H and O–H groups in total. The molecule has 0 aliphatic heterocycles. The second kappa shape index (κ2) is 5.90. The second-order valence-corrected chi connectivity index (χ2v) is 5.65. The zero-order valence-corrected chi connectivity index (χ0v) is 12.6. The van der Waals surface area contributed by atoms with Gasteiger partial charge in [-0.3, -0.25) is 19.7 Å². The van der Waals surface area contributed by atoms with Gasteiger partial charge in [-0.2, -0.15) is 0 Å². The fourth-order valence-corrected chi connectivity index (χ4v) is 1.71. The lowest BCUT2D eigenvalue weighted by molar-refractivity contribution is -0.384. The molecule has 0 unspecified atom stereocenters. The summed E-state index contributed by atoms with van der Waals surface area (Å²) < 4.78 is 5.01. The fraction of sp³-hybridized carbons (Fsp3) is 0.429. The Morgan fingerprint density at radius 2 is 1.81 bits per heavy atom. The van der Waals surface area contributed by atoms with Crippen LogP contribution in [0, 0.1) is 10.1 Å². The highest BCUT2D eigenvalue weighted by Crippen LogP contribution is 2.39. The highest BCUT2D eigenvalue weighted by atomic mass is 16.6. The molecule has 114 valence electrons. The number of benzene rings is 1. The summed E-state index contributed by atoms with van der Waals surface area (Å²) in [6.45, 7) is 8.04. The first-order chi connectivity index (χ1) is 9.52. The van der Waals surface area contributed by atoms with Crippen molar-refractivity contribution in [1.29, 1.82) is 0 Å². The lowest BCUT2D eigenvalue weighted by Crippen LogP contribution is -2.16. The van der Waals surface area contributed by atoms with Crippen LogP contribution in [-0.4, -0.2) is 16.8 Å². The van der Waals surface area contributed by atoms with Crippen LogP contribution in [0.3, 0.4) is 0 Å². The molecule has 7 nitrogen and oxygen atoms in total. The van der Waals surface area contributed by atoms with Crippen LogP contribution in [0.4, 0.5) is 11.4 Å². The zero-order valence-electron chi connectivity index (χ0n) is 12.6. The first kappa shape index (κ1) is 16.6. The largest absolute Gasteiger partial charge is 0.424 e. The van der Waals surface area contributed by atoms with Crippen LogP contribution in [0.5, 0.6) is 5.75 Å². The number of amides is 1. The molecule has 1 amide bonds. The number of nitro benzene ring substituents is 1. The maximum absolute atomic E-state index is 11.2. The molecule has 7 heteroatoms. The molecule has 0 spiro atoms. The molecular formula is C14H18N2O5. The summed E-state index contributed by atoms with van der Waals surface area (Å²) >= 11 is 0. The number of nitrogens with one attached hydrogen (secondary N) is 1. The van der Waals surface area contributed by atoms with Gasteiger partial charge in [0.05, 0.1) is 4.92 Å². The summed E-state index contributed by atoms with van der Waals surface area (Å²) in [6, 6.07) is 2.90. The van der Waals surface area contributed by atoms with Gasteiger partial charge in [0.2, 0.25) is 5.91 Å². The summed E-state index contributed by atoms with van der Waals surface area (Å²) in [5.41, 5.74) is -0.182. The quantitative estimate of drug-likeness (QED) is 0.400. The molecule has 1 aromatic rings. The summed E-state index contributed by atoms with van der Waals surface area (Å²) in [6.07, 6.45) is 0.